The number of anilines is 1. The van der Waals surface area contributed by atoms with Gasteiger partial charge in [-0.25, -0.2) is 8.78 Å². The van der Waals surface area contributed by atoms with E-state index in [2.05, 4.69) is 5.32 Å². The third-order valence-electron chi connectivity index (χ3n) is 2.70. The third kappa shape index (κ3) is 3.43. The fraction of sp³-hybridized carbons (Fsp3) is 0.0769. The first kappa shape index (κ1) is 15.1. The number of nitro benzene ring substituents is 1. The summed E-state index contributed by atoms with van der Waals surface area (Å²) in [5.41, 5.74) is -0.650. The van der Waals surface area contributed by atoms with Crippen LogP contribution in [0, 0.1) is 27.6 Å². The van der Waals surface area contributed by atoms with Crippen LogP contribution in [0.2, 0.25) is 5.02 Å². The minimum absolute atomic E-state index is 0.00616. The smallest absolute Gasteiger partial charge is 0.307 e. The van der Waals surface area contributed by atoms with E-state index in [0.29, 0.717) is 11.6 Å². The van der Waals surface area contributed by atoms with Gasteiger partial charge in [0.15, 0.2) is 0 Å². The maximum absolute atomic E-state index is 13.5. The van der Waals surface area contributed by atoms with Gasteiger partial charge in [0.2, 0.25) is 5.82 Å². The second kappa shape index (κ2) is 6.01. The zero-order chi connectivity index (χ0) is 15.6. The first-order valence-electron chi connectivity index (χ1n) is 5.69. The van der Waals surface area contributed by atoms with E-state index in [1.807, 2.05) is 0 Å². The number of hydrogen-bond donors (Lipinski definition) is 1. The van der Waals surface area contributed by atoms with Crippen LogP contribution >= 0.6 is 11.6 Å². The van der Waals surface area contributed by atoms with Gasteiger partial charge >= 0.3 is 5.69 Å². The molecule has 110 valence electrons. The molecule has 0 spiro atoms. The molecular formula is C13H8ClF3N2O2. The standard InChI is InChI=1S/C13H8ClF3N2O2/c14-8-2-1-7(3-9(8)15)6-18-12-5-13(19(20)21)11(17)4-10(12)16/h1-5,18H,6H2. The van der Waals surface area contributed by atoms with Crippen LogP contribution in [0.15, 0.2) is 30.3 Å². The van der Waals surface area contributed by atoms with Crippen LogP contribution in [0.1, 0.15) is 5.56 Å². The number of benzene rings is 2. The molecule has 0 radical (unpaired) electrons. The molecule has 0 aliphatic rings. The lowest BCUT2D eigenvalue weighted by Crippen LogP contribution is -2.04. The van der Waals surface area contributed by atoms with E-state index < -0.39 is 28.1 Å². The molecule has 0 aliphatic heterocycles. The Labute approximate surface area is 122 Å². The molecule has 0 atom stereocenters. The second-order valence-corrected chi connectivity index (χ2v) is 4.55. The first-order valence-corrected chi connectivity index (χ1v) is 6.07. The van der Waals surface area contributed by atoms with Crippen molar-refractivity contribution >= 4 is 23.0 Å². The monoisotopic (exact) mass is 316 g/mol. The predicted octanol–water partition coefficient (Wildman–Crippen LogP) is 4.28. The largest absolute Gasteiger partial charge is 0.378 e. The molecule has 1 N–H and O–H groups in total. The maximum Gasteiger partial charge on any atom is 0.307 e. The molecule has 0 heterocycles. The highest BCUT2D eigenvalue weighted by molar-refractivity contribution is 6.30. The van der Waals surface area contributed by atoms with Gasteiger partial charge in [-0.05, 0) is 17.7 Å². The molecule has 8 heteroatoms. The van der Waals surface area contributed by atoms with Crippen molar-refractivity contribution in [1.82, 2.24) is 0 Å². The second-order valence-electron chi connectivity index (χ2n) is 4.14. The summed E-state index contributed by atoms with van der Waals surface area (Å²) in [5.74, 6) is -2.88. The highest BCUT2D eigenvalue weighted by Crippen LogP contribution is 2.25. The first-order chi connectivity index (χ1) is 9.88. The summed E-state index contributed by atoms with van der Waals surface area (Å²) in [5, 5.41) is 13.1. The van der Waals surface area contributed by atoms with Gasteiger partial charge in [-0.1, -0.05) is 17.7 Å². The van der Waals surface area contributed by atoms with E-state index in [9.17, 15) is 23.3 Å². The molecule has 4 nitrogen and oxygen atoms in total. The van der Waals surface area contributed by atoms with E-state index >= 15 is 0 Å². The van der Waals surface area contributed by atoms with Crippen molar-refractivity contribution in [3.8, 4) is 0 Å². The zero-order valence-corrected chi connectivity index (χ0v) is 11.1. The van der Waals surface area contributed by atoms with E-state index in [-0.39, 0.29) is 17.3 Å². The number of halogens is 4. The average molecular weight is 317 g/mol. The molecule has 0 aromatic heterocycles. The Morgan fingerprint density at radius 1 is 1.10 bits per heavy atom. The Balaban J connectivity index is 2.21. The molecule has 0 unspecified atom stereocenters. The van der Waals surface area contributed by atoms with Crippen molar-refractivity contribution in [2.75, 3.05) is 5.32 Å². The summed E-state index contributed by atoms with van der Waals surface area (Å²) in [6, 6.07) is 5.15. The van der Waals surface area contributed by atoms with E-state index in [4.69, 9.17) is 11.6 Å². The summed E-state index contributed by atoms with van der Waals surface area (Å²) >= 11 is 5.52. The average Bonchev–Trinajstić information content (AvgIpc) is 2.41. The molecule has 0 aliphatic carbocycles. The lowest BCUT2D eigenvalue weighted by atomic mass is 10.2. The van der Waals surface area contributed by atoms with Gasteiger partial charge in [0.1, 0.15) is 11.6 Å². The maximum atomic E-state index is 13.5. The van der Waals surface area contributed by atoms with Gasteiger partial charge in [0.25, 0.3) is 0 Å². The molecule has 0 bridgehead atoms. The minimum atomic E-state index is -1.26. The summed E-state index contributed by atoms with van der Waals surface area (Å²) in [6.07, 6.45) is 0. The van der Waals surface area contributed by atoms with E-state index in [0.717, 1.165) is 12.1 Å². The van der Waals surface area contributed by atoms with Gasteiger partial charge in [-0.2, -0.15) is 4.39 Å². The SMILES string of the molecule is O=[N+]([O-])c1cc(NCc2ccc(Cl)c(F)c2)c(F)cc1F. The Morgan fingerprint density at radius 3 is 2.43 bits per heavy atom. The van der Waals surface area contributed by atoms with Gasteiger partial charge < -0.3 is 5.32 Å². The fourth-order valence-corrected chi connectivity index (χ4v) is 1.78. The van der Waals surface area contributed by atoms with Crippen molar-refractivity contribution in [1.29, 1.82) is 0 Å². The van der Waals surface area contributed by atoms with Crippen LogP contribution < -0.4 is 5.32 Å². The molecular weight excluding hydrogens is 309 g/mol. The topological polar surface area (TPSA) is 55.2 Å². The number of nitro groups is 1. The van der Waals surface area contributed by atoms with E-state index in [1.165, 1.54) is 12.1 Å². The van der Waals surface area contributed by atoms with Crippen LogP contribution in [0.25, 0.3) is 0 Å². The predicted molar refractivity (Wildman–Crippen MR) is 71.7 cm³/mol. The van der Waals surface area contributed by atoms with Crippen molar-refractivity contribution in [2.24, 2.45) is 0 Å². The molecule has 2 aromatic rings. The lowest BCUT2D eigenvalue weighted by molar-refractivity contribution is -0.387. The van der Waals surface area contributed by atoms with E-state index in [1.54, 1.807) is 0 Å². The summed E-state index contributed by atoms with van der Waals surface area (Å²) < 4.78 is 39.9. The summed E-state index contributed by atoms with van der Waals surface area (Å²) in [4.78, 5) is 9.64. The molecule has 0 fully saturated rings. The van der Waals surface area contributed by atoms with Crippen molar-refractivity contribution in [2.45, 2.75) is 6.54 Å². The normalized spacial score (nSPS) is 10.5. The summed E-state index contributed by atoms with van der Waals surface area (Å²) in [6.45, 7) is -0.00616. The summed E-state index contributed by atoms with van der Waals surface area (Å²) in [7, 11) is 0. The number of nitrogens with one attached hydrogen (secondary N) is 1. The van der Waals surface area contributed by atoms with Crippen LogP contribution in [0.4, 0.5) is 24.5 Å². The van der Waals surface area contributed by atoms with Crippen molar-refractivity contribution in [3.05, 3.63) is 68.5 Å². The molecule has 2 rings (SSSR count). The lowest BCUT2D eigenvalue weighted by Gasteiger charge is -2.08. The highest BCUT2D eigenvalue weighted by Gasteiger charge is 2.18. The number of nitrogens with zero attached hydrogens (tertiary/aromatic N) is 1. The quantitative estimate of drug-likeness (QED) is 0.676. The zero-order valence-electron chi connectivity index (χ0n) is 10.4. The Bertz CT molecular complexity index is 710. The Hall–Kier alpha value is -2.28. The Morgan fingerprint density at radius 2 is 1.81 bits per heavy atom. The van der Waals surface area contributed by atoms with Crippen LogP contribution in [0.5, 0.6) is 0 Å². The Kier molecular flexibility index (Phi) is 4.32. The van der Waals surface area contributed by atoms with Crippen molar-refractivity contribution < 1.29 is 18.1 Å². The van der Waals surface area contributed by atoms with Crippen LogP contribution in [-0.4, -0.2) is 4.92 Å². The fourth-order valence-electron chi connectivity index (χ4n) is 1.66. The van der Waals surface area contributed by atoms with Crippen LogP contribution in [-0.2, 0) is 6.54 Å². The molecule has 0 amide bonds. The van der Waals surface area contributed by atoms with Crippen molar-refractivity contribution in [3.63, 3.8) is 0 Å². The third-order valence-corrected chi connectivity index (χ3v) is 3.01. The highest BCUT2D eigenvalue weighted by atomic mass is 35.5. The van der Waals surface area contributed by atoms with Gasteiger partial charge in [0.05, 0.1) is 15.6 Å². The molecule has 0 saturated heterocycles. The number of rotatable bonds is 4. The minimum Gasteiger partial charge on any atom is -0.378 e. The van der Waals surface area contributed by atoms with Gasteiger partial charge in [0, 0.05) is 18.7 Å². The van der Waals surface area contributed by atoms with Gasteiger partial charge in [-0.3, -0.25) is 10.1 Å². The molecule has 0 saturated carbocycles. The molecule has 21 heavy (non-hydrogen) atoms. The van der Waals surface area contributed by atoms with Gasteiger partial charge in [-0.15, -0.1) is 0 Å². The number of hydrogen-bond acceptors (Lipinski definition) is 3. The van der Waals surface area contributed by atoms with Crippen LogP contribution in [0.3, 0.4) is 0 Å². The molecule has 2 aromatic carbocycles.